The van der Waals surface area contributed by atoms with Crippen molar-refractivity contribution in [3.8, 4) is 0 Å². The third kappa shape index (κ3) is 4.32. The number of carbonyl (C=O) groups is 2. The molecule has 0 aromatic carbocycles. The number of carbonyl (C=O) groups excluding carboxylic acids is 2. The van der Waals surface area contributed by atoms with E-state index >= 15 is 0 Å². The molecular weight excluding hydrogens is 324 g/mol. The first-order valence-electron chi connectivity index (χ1n) is 8.61. The zero-order valence-electron chi connectivity index (χ0n) is 14.5. The molecule has 8 heteroatoms. The first kappa shape index (κ1) is 17.3. The summed E-state index contributed by atoms with van der Waals surface area (Å²) >= 11 is 0. The van der Waals surface area contributed by atoms with Crippen molar-refractivity contribution in [1.82, 2.24) is 14.8 Å². The van der Waals surface area contributed by atoms with Gasteiger partial charge in [-0.1, -0.05) is 0 Å². The van der Waals surface area contributed by atoms with E-state index in [0.717, 1.165) is 18.8 Å². The van der Waals surface area contributed by atoms with E-state index in [4.69, 9.17) is 4.74 Å². The number of piperidine rings is 1. The Morgan fingerprint density at radius 2 is 1.60 bits per heavy atom. The highest BCUT2D eigenvalue weighted by molar-refractivity contribution is 5.75. The lowest BCUT2D eigenvalue weighted by molar-refractivity contribution is 0.0125. The molecule has 0 bridgehead atoms. The van der Waals surface area contributed by atoms with E-state index in [1.54, 1.807) is 12.4 Å². The van der Waals surface area contributed by atoms with Crippen LogP contribution in [0.5, 0.6) is 0 Å². The summed E-state index contributed by atoms with van der Waals surface area (Å²) in [5.74, 6) is 0. The SMILES string of the molecule is COC(=O)OC1CCN(C(=O)N2CCN(c3ccncc3)CC2)CC1. The minimum Gasteiger partial charge on any atom is -0.438 e. The second-order valence-electron chi connectivity index (χ2n) is 6.22. The van der Waals surface area contributed by atoms with Crippen LogP contribution in [0.1, 0.15) is 12.8 Å². The van der Waals surface area contributed by atoms with E-state index in [-0.39, 0.29) is 12.1 Å². The van der Waals surface area contributed by atoms with Crippen LogP contribution < -0.4 is 4.90 Å². The summed E-state index contributed by atoms with van der Waals surface area (Å²) in [6.07, 6.45) is 4.05. The molecule has 136 valence electrons. The third-order valence-electron chi connectivity index (χ3n) is 4.72. The molecule has 8 nitrogen and oxygen atoms in total. The van der Waals surface area contributed by atoms with Crippen LogP contribution in [0.25, 0.3) is 0 Å². The van der Waals surface area contributed by atoms with E-state index < -0.39 is 6.16 Å². The summed E-state index contributed by atoms with van der Waals surface area (Å²) in [5, 5.41) is 0. The van der Waals surface area contributed by atoms with E-state index in [0.29, 0.717) is 39.0 Å². The fraction of sp³-hybridized carbons (Fsp3) is 0.588. The number of hydrogen-bond donors (Lipinski definition) is 0. The van der Waals surface area contributed by atoms with Gasteiger partial charge in [-0.15, -0.1) is 0 Å². The second kappa shape index (κ2) is 8.04. The maximum absolute atomic E-state index is 12.7. The first-order chi connectivity index (χ1) is 12.2. The van der Waals surface area contributed by atoms with E-state index in [1.165, 1.54) is 7.11 Å². The number of rotatable bonds is 2. The minimum atomic E-state index is -0.656. The van der Waals surface area contributed by atoms with Gasteiger partial charge in [-0.25, -0.2) is 9.59 Å². The van der Waals surface area contributed by atoms with Crippen LogP contribution in [0.4, 0.5) is 15.3 Å². The number of anilines is 1. The summed E-state index contributed by atoms with van der Waals surface area (Å²) in [5.41, 5.74) is 1.14. The first-order valence-corrected chi connectivity index (χ1v) is 8.61. The third-order valence-corrected chi connectivity index (χ3v) is 4.72. The summed E-state index contributed by atoms with van der Waals surface area (Å²) in [6, 6.07) is 4.05. The normalized spacial score (nSPS) is 18.8. The van der Waals surface area contributed by atoms with Crippen molar-refractivity contribution < 1.29 is 19.1 Å². The quantitative estimate of drug-likeness (QED) is 0.755. The number of methoxy groups -OCH3 is 1. The molecular formula is C17H24N4O4. The topological polar surface area (TPSA) is 75.2 Å². The number of likely N-dealkylation sites (tertiary alicyclic amines) is 1. The molecule has 1 aromatic heterocycles. The number of urea groups is 1. The van der Waals surface area contributed by atoms with Gasteiger partial charge in [0, 0.05) is 70.2 Å². The lowest BCUT2D eigenvalue weighted by atomic mass is 10.1. The molecule has 0 spiro atoms. The molecule has 0 unspecified atom stereocenters. The number of amides is 2. The molecule has 0 saturated carbocycles. The maximum atomic E-state index is 12.7. The molecule has 0 N–H and O–H groups in total. The minimum absolute atomic E-state index is 0.0749. The Balaban J connectivity index is 1.45. The van der Waals surface area contributed by atoms with Crippen molar-refractivity contribution in [2.24, 2.45) is 0 Å². The predicted molar refractivity (Wildman–Crippen MR) is 91.5 cm³/mol. The maximum Gasteiger partial charge on any atom is 0.508 e. The van der Waals surface area contributed by atoms with Crippen molar-refractivity contribution >= 4 is 17.9 Å². The van der Waals surface area contributed by atoms with Gasteiger partial charge in [0.2, 0.25) is 0 Å². The number of nitrogens with zero attached hydrogens (tertiary/aromatic N) is 4. The van der Waals surface area contributed by atoms with Crippen LogP contribution in [0, 0.1) is 0 Å². The van der Waals surface area contributed by atoms with E-state index in [1.807, 2.05) is 21.9 Å². The van der Waals surface area contributed by atoms with Crippen LogP contribution >= 0.6 is 0 Å². The highest BCUT2D eigenvalue weighted by atomic mass is 16.7. The number of aromatic nitrogens is 1. The largest absolute Gasteiger partial charge is 0.508 e. The molecule has 0 atom stereocenters. The van der Waals surface area contributed by atoms with Gasteiger partial charge in [0.15, 0.2) is 0 Å². The molecule has 3 heterocycles. The summed E-state index contributed by atoms with van der Waals surface area (Å²) in [7, 11) is 1.30. The molecule has 2 aliphatic rings. The van der Waals surface area contributed by atoms with Gasteiger partial charge >= 0.3 is 12.2 Å². The number of ether oxygens (including phenoxy) is 2. The smallest absolute Gasteiger partial charge is 0.438 e. The zero-order valence-corrected chi connectivity index (χ0v) is 14.5. The second-order valence-corrected chi connectivity index (χ2v) is 6.22. The van der Waals surface area contributed by atoms with Crippen LogP contribution in [-0.2, 0) is 9.47 Å². The molecule has 2 aliphatic heterocycles. The fourth-order valence-electron chi connectivity index (χ4n) is 3.26. The van der Waals surface area contributed by atoms with Crippen molar-refractivity contribution in [1.29, 1.82) is 0 Å². The van der Waals surface area contributed by atoms with Crippen molar-refractivity contribution in [3.05, 3.63) is 24.5 Å². The Morgan fingerprint density at radius 3 is 2.20 bits per heavy atom. The standard InChI is InChI=1S/C17H24N4O4/c1-24-17(23)25-15-4-8-20(9-5-15)16(22)21-12-10-19(11-13-21)14-2-6-18-7-3-14/h2-3,6-7,15H,4-5,8-13H2,1H3. The van der Waals surface area contributed by atoms with Crippen LogP contribution in [0.15, 0.2) is 24.5 Å². The number of pyridine rings is 1. The summed E-state index contributed by atoms with van der Waals surface area (Å²) in [6.45, 7) is 4.25. The highest BCUT2D eigenvalue weighted by Gasteiger charge is 2.30. The molecule has 2 saturated heterocycles. The van der Waals surface area contributed by atoms with Crippen molar-refractivity contribution in [3.63, 3.8) is 0 Å². The summed E-state index contributed by atoms with van der Waals surface area (Å²) < 4.78 is 9.66. The van der Waals surface area contributed by atoms with E-state index in [9.17, 15) is 9.59 Å². The van der Waals surface area contributed by atoms with Gasteiger partial charge in [-0.2, -0.15) is 0 Å². The Labute approximate surface area is 147 Å². The average molecular weight is 348 g/mol. The van der Waals surface area contributed by atoms with Gasteiger partial charge in [-0.3, -0.25) is 4.98 Å². The molecule has 2 amide bonds. The highest BCUT2D eigenvalue weighted by Crippen LogP contribution is 2.18. The monoisotopic (exact) mass is 348 g/mol. The van der Waals surface area contributed by atoms with Crippen LogP contribution in [0.3, 0.4) is 0 Å². The van der Waals surface area contributed by atoms with Gasteiger partial charge < -0.3 is 24.2 Å². The zero-order chi connectivity index (χ0) is 17.6. The Morgan fingerprint density at radius 1 is 1.00 bits per heavy atom. The van der Waals surface area contributed by atoms with Crippen LogP contribution in [-0.4, -0.2) is 79.5 Å². The summed E-state index contributed by atoms with van der Waals surface area (Å²) in [4.78, 5) is 33.9. The molecule has 3 rings (SSSR count). The Kier molecular flexibility index (Phi) is 5.57. The Hall–Kier alpha value is -2.51. The average Bonchev–Trinajstić information content (AvgIpc) is 2.69. The lowest BCUT2D eigenvalue weighted by Gasteiger charge is -2.40. The number of hydrogen-bond acceptors (Lipinski definition) is 6. The number of piperazine rings is 1. The van der Waals surface area contributed by atoms with Gasteiger partial charge in [0.25, 0.3) is 0 Å². The fourth-order valence-corrected chi connectivity index (χ4v) is 3.26. The predicted octanol–water partition coefficient (Wildman–Crippen LogP) is 1.57. The molecule has 0 aliphatic carbocycles. The van der Waals surface area contributed by atoms with Gasteiger partial charge in [-0.05, 0) is 12.1 Å². The molecule has 0 radical (unpaired) electrons. The van der Waals surface area contributed by atoms with Crippen molar-refractivity contribution in [2.75, 3.05) is 51.3 Å². The van der Waals surface area contributed by atoms with Crippen LogP contribution in [0.2, 0.25) is 0 Å². The van der Waals surface area contributed by atoms with Crippen molar-refractivity contribution in [2.45, 2.75) is 18.9 Å². The lowest BCUT2D eigenvalue weighted by Crippen LogP contribution is -2.54. The van der Waals surface area contributed by atoms with Gasteiger partial charge in [0.05, 0.1) is 7.11 Å². The molecule has 1 aromatic rings. The Bertz CT molecular complexity index is 582. The van der Waals surface area contributed by atoms with Gasteiger partial charge in [0.1, 0.15) is 6.10 Å². The molecule has 25 heavy (non-hydrogen) atoms. The van der Waals surface area contributed by atoms with E-state index in [2.05, 4.69) is 14.6 Å². The molecule has 2 fully saturated rings.